The van der Waals surface area contributed by atoms with Crippen molar-refractivity contribution in [2.45, 2.75) is 37.9 Å². The summed E-state index contributed by atoms with van der Waals surface area (Å²) in [4.78, 5) is 22.7. The van der Waals surface area contributed by atoms with Crippen molar-refractivity contribution in [1.82, 2.24) is 5.32 Å². The molecule has 4 nitrogen and oxygen atoms in total. The zero-order chi connectivity index (χ0) is 17.2. The molecule has 0 radical (unpaired) electrons. The maximum Gasteiger partial charge on any atom is 0.391 e. The topological polar surface area (TPSA) is 66.4 Å². The van der Waals surface area contributed by atoms with E-state index in [2.05, 4.69) is 5.32 Å². The van der Waals surface area contributed by atoms with Crippen molar-refractivity contribution in [3.05, 3.63) is 35.1 Å². The zero-order valence-corrected chi connectivity index (χ0v) is 12.0. The summed E-state index contributed by atoms with van der Waals surface area (Å²) in [5.74, 6) is -4.67. The lowest BCUT2D eigenvalue weighted by molar-refractivity contribution is -0.183. The van der Waals surface area contributed by atoms with Gasteiger partial charge in [-0.3, -0.25) is 4.79 Å². The van der Waals surface area contributed by atoms with Gasteiger partial charge in [0.05, 0.1) is 17.0 Å². The molecule has 2 atom stereocenters. The van der Waals surface area contributed by atoms with Crippen LogP contribution in [0.5, 0.6) is 0 Å². The van der Waals surface area contributed by atoms with Crippen molar-refractivity contribution >= 4 is 11.9 Å². The Balaban J connectivity index is 2.06. The predicted octanol–water partition coefficient (Wildman–Crippen LogP) is 3.37. The number of halogens is 4. The van der Waals surface area contributed by atoms with Gasteiger partial charge >= 0.3 is 12.1 Å². The highest BCUT2D eigenvalue weighted by molar-refractivity contribution is 5.96. The molecule has 1 aromatic rings. The molecule has 2 unspecified atom stereocenters. The summed E-state index contributed by atoms with van der Waals surface area (Å²) in [6.07, 6.45) is -3.79. The zero-order valence-electron chi connectivity index (χ0n) is 12.0. The third kappa shape index (κ3) is 4.20. The number of amides is 1. The van der Waals surface area contributed by atoms with Crippen LogP contribution in [0.1, 0.15) is 46.4 Å². The van der Waals surface area contributed by atoms with E-state index in [1.807, 2.05) is 0 Å². The first-order chi connectivity index (χ1) is 10.7. The first kappa shape index (κ1) is 17.2. The van der Waals surface area contributed by atoms with Crippen molar-refractivity contribution in [1.29, 1.82) is 0 Å². The van der Waals surface area contributed by atoms with Crippen LogP contribution in [-0.4, -0.2) is 29.2 Å². The quantitative estimate of drug-likeness (QED) is 0.834. The Morgan fingerprint density at radius 3 is 2.48 bits per heavy atom. The van der Waals surface area contributed by atoms with Gasteiger partial charge in [0.2, 0.25) is 0 Å². The number of hydrogen-bond donors (Lipinski definition) is 2. The number of hydrogen-bond acceptors (Lipinski definition) is 2. The van der Waals surface area contributed by atoms with E-state index >= 15 is 0 Å². The maximum absolute atomic E-state index is 13.8. The summed E-state index contributed by atoms with van der Waals surface area (Å²) in [5, 5.41) is 11.1. The van der Waals surface area contributed by atoms with Crippen LogP contribution < -0.4 is 5.32 Å². The van der Waals surface area contributed by atoms with Crippen LogP contribution in [0.3, 0.4) is 0 Å². The Morgan fingerprint density at radius 2 is 1.91 bits per heavy atom. The molecule has 126 valence electrons. The van der Waals surface area contributed by atoms with Gasteiger partial charge in [0.15, 0.2) is 0 Å². The molecule has 0 saturated heterocycles. The van der Waals surface area contributed by atoms with E-state index < -0.39 is 35.8 Å². The lowest BCUT2D eigenvalue weighted by atomic mass is 9.85. The van der Waals surface area contributed by atoms with Crippen LogP contribution in [0, 0.1) is 11.7 Å². The van der Waals surface area contributed by atoms with Gasteiger partial charge in [-0.1, -0.05) is 6.42 Å². The average molecular weight is 333 g/mol. The second-order valence-electron chi connectivity index (χ2n) is 5.58. The minimum absolute atomic E-state index is 0.0253. The highest BCUT2D eigenvalue weighted by Gasteiger charge is 2.42. The standard InChI is InChI=1S/C15H15F4NO3/c16-12-6-8(14(22)23)4-5-11(12)13(21)20-10-3-1-2-9(7-10)15(17,18)19/h4-6,9-10H,1-3,7H2,(H,20,21)(H,22,23). The van der Waals surface area contributed by atoms with E-state index in [1.165, 1.54) is 0 Å². The van der Waals surface area contributed by atoms with Gasteiger partial charge in [-0.25, -0.2) is 9.18 Å². The fourth-order valence-corrected chi connectivity index (χ4v) is 2.71. The largest absolute Gasteiger partial charge is 0.478 e. The summed E-state index contributed by atoms with van der Waals surface area (Å²) in [6, 6.07) is 2.11. The number of rotatable bonds is 3. The van der Waals surface area contributed by atoms with E-state index in [0.29, 0.717) is 18.9 Å². The van der Waals surface area contributed by atoms with Gasteiger partial charge in [-0.2, -0.15) is 13.2 Å². The SMILES string of the molecule is O=C(O)c1ccc(C(=O)NC2CCCC(C(F)(F)F)C2)c(F)c1. The van der Waals surface area contributed by atoms with Gasteiger partial charge in [0.25, 0.3) is 5.91 Å². The number of alkyl halides is 3. The van der Waals surface area contributed by atoms with E-state index in [4.69, 9.17) is 5.11 Å². The average Bonchev–Trinajstić information content (AvgIpc) is 2.46. The summed E-state index contributed by atoms with van der Waals surface area (Å²) in [5.41, 5.74) is -0.696. The van der Waals surface area contributed by atoms with Crippen molar-refractivity contribution in [3.63, 3.8) is 0 Å². The molecule has 8 heteroatoms. The Morgan fingerprint density at radius 1 is 1.22 bits per heavy atom. The van der Waals surface area contributed by atoms with Crippen LogP contribution in [0.15, 0.2) is 18.2 Å². The van der Waals surface area contributed by atoms with Crippen LogP contribution >= 0.6 is 0 Å². The van der Waals surface area contributed by atoms with E-state index in [1.54, 1.807) is 0 Å². The molecule has 1 saturated carbocycles. The molecule has 0 bridgehead atoms. The molecule has 23 heavy (non-hydrogen) atoms. The summed E-state index contributed by atoms with van der Waals surface area (Å²) >= 11 is 0. The Kier molecular flexibility index (Phi) is 4.91. The van der Waals surface area contributed by atoms with Crippen molar-refractivity contribution in [2.24, 2.45) is 5.92 Å². The Bertz CT molecular complexity index is 615. The fraction of sp³-hybridized carbons (Fsp3) is 0.467. The van der Waals surface area contributed by atoms with Gasteiger partial charge in [0.1, 0.15) is 5.82 Å². The molecule has 0 heterocycles. The minimum Gasteiger partial charge on any atom is -0.478 e. The minimum atomic E-state index is -4.31. The fourth-order valence-electron chi connectivity index (χ4n) is 2.71. The van der Waals surface area contributed by atoms with Gasteiger partial charge in [0, 0.05) is 6.04 Å². The predicted molar refractivity (Wildman–Crippen MR) is 72.6 cm³/mol. The molecule has 0 spiro atoms. The van der Waals surface area contributed by atoms with Crippen LogP contribution in [0.4, 0.5) is 17.6 Å². The molecule has 1 aliphatic rings. The molecule has 0 aromatic heterocycles. The normalized spacial score (nSPS) is 21.7. The second-order valence-corrected chi connectivity index (χ2v) is 5.58. The summed E-state index contributed by atoms with van der Waals surface area (Å²) in [6.45, 7) is 0. The van der Waals surface area contributed by atoms with Crippen molar-refractivity contribution in [2.75, 3.05) is 0 Å². The van der Waals surface area contributed by atoms with Crippen molar-refractivity contribution < 1.29 is 32.3 Å². The molecular weight excluding hydrogens is 318 g/mol. The Hall–Kier alpha value is -2.12. The summed E-state index contributed by atoms with van der Waals surface area (Å²) in [7, 11) is 0. The smallest absolute Gasteiger partial charge is 0.391 e. The third-order valence-corrected chi connectivity index (χ3v) is 3.93. The number of nitrogens with one attached hydrogen (secondary N) is 1. The number of carboxylic acid groups (broad SMARTS) is 1. The molecule has 1 aromatic carbocycles. The van der Waals surface area contributed by atoms with Gasteiger partial charge in [-0.15, -0.1) is 0 Å². The van der Waals surface area contributed by atoms with Gasteiger partial charge in [-0.05, 0) is 37.5 Å². The molecule has 1 fully saturated rings. The monoisotopic (exact) mass is 333 g/mol. The molecular formula is C15H15F4NO3. The lowest BCUT2D eigenvalue weighted by Gasteiger charge is -2.31. The molecule has 2 rings (SSSR count). The first-order valence-electron chi connectivity index (χ1n) is 7.09. The third-order valence-electron chi connectivity index (χ3n) is 3.93. The van der Waals surface area contributed by atoms with E-state index in [9.17, 15) is 27.2 Å². The van der Waals surface area contributed by atoms with Crippen LogP contribution in [0.2, 0.25) is 0 Å². The lowest BCUT2D eigenvalue weighted by Crippen LogP contribution is -2.41. The number of aromatic carboxylic acids is 1. The summed E-state index contributed by atoms with van der Waals surface area (Å²) < 4.78 is 52.0. The molecule has 2 N–H and O–H groups in total. The second kappa shape index (κ2) is 6.55. The number of carbonyl (C=O) groups excluding carboxylic acids is 1. The Labute approximate surface area is 129 Å². The molecule has 0 aliphatic heterocycles. The van der Waals surface area contributed by atoms with Crippen LogP contribution in [-0.2, 0) is 0 Å². The number of benzene rings is 1. The van der Waals surface area contributed by atoms with Gasteiger partial charge < -0.3 is 10.4 Å². The highest BCUT2D eigenvalue weighted by atomic mass is 19.4. The molecule has 1 amide bonds. The van der Waals surface area contributed by atoms with E-state index in [-0.39, 0.29) is 24.0 Å². The van der Waals surface area contributed by atoms with Crippen molar-refractivity contribution in [3.8, 4) is 0 Å². The highest BCUT2D eigenvalue weighted by Crippen LogP contribution is 2.37. The van der Waals surface area contributed by atoms with Crippen LogP contribution in [0.25, 0.3) is 0 Å². The van der Waals surface area contributed by atoms with E-state index in [0.717, 1.165) is 12.1 Å². The number of carboxylic acids is 1. The maximum atomic E-state index is 13.8. The molecule has 1 aliphatic carbocycles. The number of carbonyl (C=O) groups is 2. The first-order valence-corrected chi connectivity index (χ1v) is 7.09.